The van der Waals surface area contributed by atoms with Gasteiger partial charge in [0.1, 0.15) is 11.3 Å². The van der Waals surface area contributed by atoms with Gasteiger partial charge in [0.2, 0.25) is 0 Å². The van der Waals surface area contributed by atoms with Crippen LogP contribution in [0.25, 0.3) is 11.2 Å². The molecule has 0 radical (unpaired) electrons. The zero-order chi connectivity index (χ0) is 13.2. The molecule has 0 aliphatic carbocycles. The number of aromatic nitrogens is 3. The lowest BCUT2D eigenvalue weighted by Gasteiger charge is -2.23. The van der Waals surface area contributed by atoms with Crippen LogP contribution in [-0.2, 0) is 11.3 Å². The highest BCUT2D eigenvalue weighted by molar-refractivity contribution is 5.71. The van der Waals surface area contributed by atoms with Gasteiger partial charge in [0.25, 0.3) is 0 Å². The first-order valence-corrected chi connectivity index (χ1v) is 7.14. The van der Waals surface area contributed by atoms with E-state index in [1.165, 1.54) is 12.8 Å². The summed E-state index contributed by atoms with van der Waals surface area (Å²) < 4.78 is 7.88. The Balaban J connectivity index is 1.97. The van der Waals surface area contributed by atoms with Crippen LogP contribution in [0, 0.1) is 5.92 Å². The predicted molar refractivity (Wildman–Crippen MR) is 75.2 cm³/mol. The van der Waals surface area contributed by atoms with E-state index in [0.717, 1.165) is 36.7 Å². The lowest BCUT2D eigenvalue weighted by atomic mass is 10.0. The molecule has 4 nitrogen and oxygen atoms in total. The van der Waals surface area contributed by atoms with Crippen molar-refractivity contribution in [3.63, 3.8) is 0 Å². The largest absolute Gasteiger partial charge is 0.381 e. The fourth-order valence-corrected chi connectivity index (χ4v) is 2.81. The molecule has 1 saturated heterocycles. The Labute approximate surface area is 113 Å². The highest BCUT2D eigenvalue weighted by Gasteiger charge is 2.20. The van der Waals surface area contributed by atoms with Crippen LogP contribution in [-0.4, -0.2) is 27.7 Å². The first-order valence-electron chi connectivity index (χ1n) is 7.14. The van der Waals surface area contributed by atoms with Crippen molar-refractivity contribution in [1.82, 2.24) is 14.5 Å². The zero-order valence-corrected chi connectivity index (χ0v) is 11.7. The summed E-state index contributed by atoms with van der Waals surface area (Å²) >= 11 is 0. The van der Waals surface area contributed by atoms with E-state index in [1.54, 1.807) is 0 Å². The van der Waals surface area contributed by atoms with Crippen molar-refractivity contribution in [1.29, 1.82) is 0 Å². The summed E-state index contributed by atoms with van der Waals surface area (Å²) in [7, 11) is 0. The Morgan fingerprint density at radius 1 is 1.47 bits per heavy atom. The van der Waals surface area contributed by atoms with Crippen molar-refractivity contribution in [2.24, 2.45) is 5.92 Å². The van der Waals surface area contributed by atoms with Gasteiger partial charge in [-0.25, -0.2) is 9.97 Å². The maximum absolute atomic E-state index is 5.59. The molecule has 2 aromatic rings. The summed E-state index contributed by atoms with van der Waals surface area (Å²) in [6.45, 7) is 7.13. The van der Waals surface area contributed by atoms with E-state index >= 15 is 0 Å². The highest BCUT2D eigenvalue weighted by Crippen LogP contribution is 2.24. The van der Waals surface area contributed by atoms with Crippen molar-refractivity contribution < 1.29 is 4.74 Å². The number of rotatable bonds is 3. The Bertz CT molecular complexity index is 556. The quantitative estimate of drug-likeness (QED) is 0.850. The molecule has 0 saturated carbocycles. The summed E-state index contributed by atoms with van der Waals surface area (Å²) in [6, 6.07) is 4.00. The van der Waals surface area contributed by atoms with Crippen molar-refractivity contribution in [2.75, 3.05) is 13.2 Å². The Morgan fingerprint density at radius 2 is 2.37 bits per heavy atom. The molecule has 19 heavy (non-hydrogen) atoms. The molecular weight excluding hydrogens is 238 g/mol. The summed E-state index contributed by atoms with van der Waals surface area (Å²) in [6.07, 6.45) is 4.26. The van der Waals surface area contributed by atoms with E-state index in [0.29, 0.717) is 11.8 Å². The number of ether oxygens (including phenoxy) is 1. The molecule has 1 fully saturated rings. The Hall–Kier alpha value is -1.42. The third-order valence-electron chi connectivity index (χ3n) is 3.75. The minimum absolute atomic E-state index is 0.415. The van der Waals surface area contributed by atoms with Gasteiger partial charge >= 0.3 is 0 Å². The fourth-order valence-electron chi connectivity index (χ4n) is 2.81. The molecule has 0 N–H and O–H groups in total. The molecule has 1 aliphatic heterocycles. The van der Waals surface area contributed by atoms with Crippen LogP contribution >= 0.6 is 0 Å². The van der Waals surface area contributed by atoms with Gasteiger partial charge in [0, 0.05) is 31.2 Å². The highest BCUT2D eigenvalue weighted by atomic mass is 16.5. The summed E-state index contributed by atoms with van der Waals surface area (Å²) in [5.74, 6) is 2.14. The van der Waals surface area contributed by atoms with E-state index < -0.39 is 0 Å². The van der Waals surface area contributed by atoms with Crippen molar-refractivity contribution in [3.05, 3.63) is 24.2 Å². The second-order valence-electron chi connectivity index (χ2n) is 5.66. The second kappa shape index (κ2) is 5.29. The van der Waals surface area contributed by atoms with Gasteiger partial charge in [-0.3, -0.25) is 0 Å². The number of pyridine rings is 1. The number of imidazole rings is 1. The number of fused-ring (bicyclic) bond motifs is 1. The standard InChI is InChI=1S/C15H21N3O/c1-11(2)14-17-13-6-3-7-16-15(13)18(14)9-12-5-4-8-19-10-12/h3,6-7,11-12H,4-5,8-10H2,1-2H3. The molecule has 3 rings (SSSR count). The maximum Gasteiger partial charge on any atom is 0.160 e. The van der Waals surface area contributed by atoms with E-state index in [2.05, 4.69) is 23.4 Å². The van der Waals surface area contributed by atoms with E-state index in [9.17, 15) is 0 Å². The third kappa shape index (κ3) is 2.50. The third-order valence-corrected chi connectivity index (χ3v) is 3.75. The van der Waals surface area contributed by atoms with Gasteiger partial charge in [0.15, 0.2) is 5.65 Å². The van der Waals surface area contributed by atoms with Gasteiger partial charge in [-0.1, -0.05) is 13.8 Å². The normalized spacial score (nSPS) is 20.3. The number of hydrogen-bond donors (Lipinski definition) is 0. The average Bonchev–Trinajstić information content (AvgIpc) is 2.79. The van der Waals surface area contributed by atoms with Gasteiger partial charge in [-0.2, -0.15) is 0 Å². The van der Waals surface area contributed by atoms with Crippen LogP contribution in [0.4, 0.5) is 0 Å². The molecule has 102 valence electrons. The fraction of sp³-hybridized carbons (Fsp3) is 0.600. The molecule has 0 aromatic carbocycles. The van der Waals surface area contributed by atoms with Crippen LogP contribution in [0.2, 0.25) is 0 Å². The second-order valence-corrected chi connectivity index (χ2v) is 5.66. The lowest BCUT2D eigenvalue weighted by molar-refractivity contribution is 0.0483. The van der Waals surface area contributed by atoms with Crippen LogP contribution in [0.5, 0.6) is 0 Å². The smallest absolute Gasteiger partial charge is 0.160 e. The minimum atomic E-state index is 0.415. The Morgan fingerprint density at radius 3 is 3.11 bits per heavy atom. The molecule has 0 spiro atoms. The lowest BCUT2D eigenvalue weighted by Crippen LogP contribution is -2.23. The first-order chi connectivity index (χ1) is 9.25. The van der Waals surface area contributed by atoms with Gasteiger partial charge < -0.3 is 9.30 Å². The summed E-state index contributed by atoms with van der Waals surface area (Å²) in [5, 5.41) is 0. The van der Waals surface area contributed by atoms with E-state index in [4.69, 9.17) is 9.72 Å². The minimum Gasteiger partial charge on any atom is -0.381 e. The molecule has 2 aromatic heterocycles. The van der Waals surface area contributed by atoms with Gasteiger partial charge in [-0.05, 0) is 25.0 Å². The van der Waals surface area contributed by atoms with Crippen molar-refractivity contribution in [3.8, 4) is 0 Å². The molecule has 0 amide bonds. The molecule has 0 bridgehead atoms. The van der Waals surface area contributed by atoms with Gasteiger partial charge in [-0.15, -0.1) is 0 Å². The molecule has 4 heteroatoms. The van der Waals surface area contributed by atoms with E-state index in [-0.39, 0.29) is 0 Å². The topological polar surface area (TPSA) is 39.9 Å². The number of nitrogens with zero attached hydrogens (tertiary/aromatic N) is 3. The van der Waals surface area contributed by atoms with Gasteiger partial charge in [0.05, 0.1) is 6.61 Å². The van der Waals surface area contributed by atoms with Crippen LogP contribution in [0.1, 0.15) is 38.4 Å². The van der Waals surface area contributed by atoms with Crippen LogP contribution in [0.3, 0.4) is 0 Å². The van der Waals surface area contributed by atoms with Crippen molar-refractivity contribution >= 4 is 11.2 Å². The molecule has 1 unspecified atom stereocenters. The maximum atomic E-state index is 5.59. The first kappa shape index (κ1) is 12.6. The summed E-state index contributed by atoms with van der Waals surface area (Å²) in [4.78, 5) is 9.25. The molecule has 1 atom stereocenters. The van der Waals surface area contributed by atoms with Crippen LogP contribution < -0.4 is 0 Å². The zero-order valence-electron chi connectivity index (χ0n) is 11.7. The average molecular weight is 259 g/mol. The summed E-state index contributed by atoms with van der Waals surface area (Å²) in [5.41, 5.74) is 2.01. The molecule has 1 aliphatic rings. The number of hydrogen-bond acceptors (Lipinski definition) is 3. The SMILES string of the molecule is CC(C)c1nc2cccnc2n1CC1CCCOC1. The van der Waals surface area contributed by atoms with Crippen LogP contribution in [0.15, 0.2) is 18.3 Å². The van der Waals surface area contributed by atoms with E-state index in [1.807, 2.05) is 18.3 Å². The molecule has 3 heterocycles. The monoisotopic (exact) mass is 259 g/mol. The molecular formula is C15H21N3O. The predicted octanol–water partition coefficient (Wildman–Crippen LogP) is 2.98. The Kier molecular flexibility index (Phi) is 3.51. The van der Waals surface area contributed by atoms with Crippen molar-refractivity contribution in [2.45, 2.75) is 39.2 Å².